The van der Waals surface area contributed by atoms with Crippen molar-refractivity contribution in [2.75, 3.05) is 6.61 Å². The summed E-state index contributed by atoms with van der Waals surface area (Å²) in [4.78, 5) is 16.4. The molecule has 2 aliphatic heterocycles. The number of carbonyl (C=O) groups is 1. The monoisotopic (exact) mass is 150 g/mol. The fourth-order valence-electron chi connectivity index (χ4n) is 0.955. The fraction of sp³-hybridized carbons (Fsp3) is 0.143. The van der Waals surface area contributed by atoms with Crippen LogP contribution in [0.5, 0.6) is 0 Å². The van der Waals surface area contributed by atoms with Crippen molar-refractivity contribution in [1.82, 2.24) is 4.90 Å². The molecule has 0 saturated heterocycles. The largest absolute Gasteiger partial charge is 0.489 e. The van der Waals surface area contributed by atoms with Crippen LogP contribution in [0.15, 0.2) is 29.4 Å². The number of fused-ring (bicyclic) bond motifs is 1. The number of allylic oxidation sites excluding steroid dienone is 1. The highest BCUT2D eigenvalue weighted by molar-refractivity contribution is 5.91. The Labute approximate surface area is 63.5 Å². The summed E-state index contributed by atoms with van der Waals surface area (Å²) in [6.45, 7) is 0.113. The third-order valence-electron chi connectivity index (χ3n) is 1.47. The number of hydrogen-bond donors (Lipinski definition) is 0. The van der Waals surface area contributed by atoms with E-state index in [1.807, 2.05) is 0 Å². The highest BCUT2D eigenvalue weighted by atomic mass is 16.5. The number of hydrogen-bond acceptors (Lipinski definition) is 3. The maximum atomic E-state index is 11.1. The van der Waals surface area contributed by atoms with Crippen LogP contribution < -0.4 is 0 Å². The SMILES string of the molecule is O=C1COC=C2C=NC=CN12. The van der Waals surface area contributed by atoms with Gasteiger partial charge in [0.25, 0.3) is 5.91 Å². The van der Waals surface area contributed by atoms with Gasteiger partial charge in [0, 0.05) is 12.4 Å². The van der Waals surface area contributed by atoms with Gasteiger partial charge in [-0.15, -0.1) is 0 Å². The zero-order chi connectivity index (χ0) is 7.68. The summed E-state index contributed by atoms with van der Waals surface area (Å²) in [6.07, 6.45) is 6.29. The van der Waals surface area contributed by atoms with Gasteiger partial charge in [0.1, 0.15) is 12.0 Å². The van der Waals surface area contributed by atoms with Crippen LogP contribution >= 0.6 is 0 Å². The van der Waals surface area contributed by atoms with Gasteiger partial charge in [-0.05, 0) is 0 Å². The van der Waals surface area contributed by atoms with Crippen LogP contribution in [0, 0.1) is 0 Å². The molecule has 0 spiro atoms. The average molecular weight is 150 g/mol. The van der Waals surface area contributed by atoms with Gasteiger partial charge >= 0.3 is 0 Å². The van der Waals surface area contributed by atoms with Crippen molar-refractivity contribution in [3.63, 3.8) is 0 Å². The van der Waals surface area contributed by atoms with E-state index < -0.39 is 0 Å². The molecule has 0 N–H and O–H groups in total. The second-order valence-corrected chi connectivity index (χ2v) is 2.19. The molecule has 0 aromatic rings. The van der Waals surface area contributed by atoms with Crippen molar-refractivity contribution < 1.29 is 9.53 Å². The van der Waals surface area contributed by atoms with Gasteiger partial charge in [0.15, 0.2) is 6.61 Å². The van der Waals surface area contributed by atoms with Gasteiger partial charge in [0.05, 0.1) is 6.21 Å². The summed E-state index contributed by atoms with van der Waals surface area (Å²) in [5.41, 5.74) is 0.684. The van der Waals surface area contributed by atoms with E-state index in [4.69, 9.17) is 4.74 Å². The lowest BCUT2D eigenvalue weighted by atomic mass is 10.3. The first kappa shape index (κ1) is 6.15. The smallest absolute Gasteiger partial charge is 0.269 e. The molecule has 0 aliphatic carbocycles. The second kappa shape index (κ2) is 2.23. The van der Waals surface area contributed by atoms with Gasteiger partial charge in [-0.3, -0.25) is 14.7 Å². The van der Waals surface area contributed by atoms with E-state index in [9.17, 15) is 4.79 Å². The van der Waals surface area contributed by atoms with Crippen molar-refractivity contribution in [2.24, 2.45) is 4.99 Å². The second-order valence-electron chi connectivity index (χ2n) is 2.19. The summed E-state index contributed by atoms with van der Waals surface area (Å²) in [5.74, 6) is -0.0649. The molecule has 2 heterocycles. The summed E-state index contributed by atoms with van der Waals surface area (Å²) in [6, 6.07) is 0. The Morgan fingerprint density at radius 2 is 2.55 bits per heavy atom. The van der Waals surface area contributed by atoms with E-state index >= 15 is 0 Å². The van der Waals surface area contributed by atoms with Gasteiger partial charge in [0.2, 0.25) is 0 Å². The van der Waals surface area contributed by atoms with E-state index in [1.54, 1.807) is 18.6 Å². The first-order valence-electron chi connectivity index (χ1n) is 3.21. The molecule has 0 fully saturated rings. The minimum absolute atomic E-state index is 0.0649. The molecule has 0 bridgehead atoms. The van der Waals surface area contributed by atoms with Crippen molar-refractivity contribution >= 4 is 12.1 Å². The number of nitrogens with zero attached hydrogens (tertiary/aromatic N) is 2. The van der Waals surface area contributed by atoms with E-state index in [0.717, 1.165) is 0 Å². The van der Waals surface area contributed by atoms with Crippen LogP contribution in [-0.2, 0) is 9.53 Å². The molecule has 0 aromatic heterocycles. The lowest BCUT2D eigenvalue weighted by molar-refractivity contribution is -0.131. The van der Waals surface area contributed by atoms with E-state index in [2.05, 4.69) is 4.99 Å². The third-order valence-corrected chi connectivity index (χ3v) is 1.47. The van der Waals surface area contributed by atoms with Crippen molar-refractivity contribution in [1.29, 1.82) is 0 Å². The molecular formula is C7H6N2O2. The Hall–Kier alpha value is -1.58. The average Bonchev–Trinajstić information content (AvgIpc) is 2.06. The van der Waals surface area contributed by atoms with Crippen molar-refractivity contribution in [2.45, 2.75) is 0 Å². The normalized spacial score (nSPS) is 20.9. The highest BCUT2D eigenvalue weighted by Gasteiger charge is 2.20. The number of ether oxygens (including phenoxy) is 1. The summed E-state index contributed by atoms with van der Waals surface area (Å²) in [7, 11) is 0. The maximum Gasteiger partial charge on any atom is 0.269 e. The Morgan fingerprint density at radius 1 is 1.64 bits per heavy atom. The first-order valence-corrected chi connectivity index (χ1v) is 3.21. The Bertz CT molecular complexity index is 278. The van der Waals surface area contributed by atoms with E-state index in [1.165, 1.54) is 11.2 Å². The first-order chi connectivity index (χ1) is 5.38. The fourth-order valence-corrected chi connectivity index (χ4v) is 0.955. The van der Waals surface area contributed by atoms with Crippen LogP contribution in [0.3, 0.4) is 0 Å². The summed E-state index contributed by atoms with van der Waals surface area (Å²) in [5, 5.41) is 0. The van der Waals surface area contributed by atoms with Crippen LogP contribution in [0.4, 0.5) is 0 Å². The molecule has 2 rings (SSSR count). The van der Waals surface area contributed by atoms with Crippen molar-refractivity contribution in [3.8, 4) is 0 Å². The molecule has 4 heteroatoms. The zero-order valence-corrected chi connectivity index (χ0v) is 5.73. The highest BCUT2D eigenvalue weighted by Crippen LogP contribution is 2.12. The third kappa shape index (κ3) is 0.920. The number of amides is 1. The molecule has 2 aliphatic rings. The predicted molar refractivity (Wildman–Crippen MR) is 38.5 cm³/mol. The van der Waals surface area contributed by atoms with Gasteiger partial charge in [-0.25, -0.2) is 0 Å². The topological polar surface area (TPSA) is 41.9 Å². The van der Waals surface area contributed by atoms with Gasteiger partial charge < -0.3 is 4.74 Å². The number of aliphatic imine (C=N–C) groups is 1. The summed E-state index contributed by atoms with van der Waals surface area (Å²) < 4.78 is 4.87. The van der Waals surface area contributed by atoms with Crippen LogP contribution in [-0.4, -0.2) is 23.6 Å². The quantitative estimate of drug-likeness (QED) is 0.496. The van der Waals surface area contributed by atoms with Gasteiger partial charge in [-0.2, -0.15) is 0 Å². The maximum absolute atomic E-state index is 11.1. The molecule has 11 heavy (non-hydrogen) atoms. The molecule has 0 saturated carbocycles. The molecule has 0 unspecified atom stereocenters. The Kier molecular flexibility index (Phi) is 1.25. The van der Waals surface area contributed by atoms with Crippen LogP contribution in [0.2, 0.25) is 0 Å². The molecule has 0 atom stereocenters. The molecule has 0 radical (unpaired) electrons. The summed E-state index contributed by atoms with van der Waals surface area (Å²) >= 11 is 0. The molecular weight excluding hydrogens is 144 g/mol. The molecule has 4 nitrogen and oxygen atoms in total. The molecule has 1 amide bonds. The molecule has 0 aromatic carbocycles. The number of rotatable bonds is 0. The van der Waals surface area contributed by atoms with Crippen molar-refractivity contribution in [3.05, 3.63) is 24.4 Å². The lowest BCUT2D eigenvalue weighted by Gasteiger charge is -2.23. The Balaban J connectivity index is 2.36. The lowest BCUT2D eigenvalue weighted by Crippen LogP contribution is -2.33. The standard InChI is InChI=1S/C7H6N2O2/c10-7-5-11-4-6-3-8-1-2-9(6)7/h1-4H,5H2. The van der Waals surface area contributed by atoms with E-state index in [-0.39, 0.29) is 12.5 Å². The molecule has 56 valence electrons. The van der Waals surface area contributed by atoms with Crippen LogP contribution in [0.25, 0.3) is 0 Å². The minimum Gasteiger partial charge on any atom is -0.489 e. The van der Waals surface area contributed by atoms with Gasteiger partial charge in [-0.1, -0.05) is 0 Å². The number of carbonyl (C=O) groups excluding carboxylic acids is 1. The predicted octanol–water partition coefficient (Wildman–Crippen LogP) is 0.242. The minimum atomic E-state index is -0.0649. The Morgan fingerprint density at radius 3 is 3.36 bits per heavy atom. The van der Waals surface area contributed by atoms with E-state index in [0.29, 0.717) is 5.70 Å². The zero-order valence-electron chi connectivity index (χ0n) is 5.73. The van der Waals surface area contributed by atoms with Crippen LogP contribution in [0.1, 0.15) is 0 Å².